The summed E-state index contributed by atoms with van der Waals surface area (Å²) in [7, 11) is 2.06. The number of carbonyl (C=O) groups excluding carboxylic acids is 3. The molecule has 31 heavy (non-hydrogen) atoms. The molecule has 0 aliphatic carbocycles. The molecule has 0 heterocycles. The van der Waals surface area contributed by atoms with Crippen LogP contribution in [0.2, 0.25) is 0 Å². The zero-order valence-corrected chi connectivity index (χ0v) is 19.7. The lowest BCUT2D eigenvalue weighted by molar-refractivity contribution is -0.139. The Morgan fingerprint density at radius 2 is 1.71 bits per heavy atom. The fraction of sp³-hybridized carbons (Fsp3) is 0.524. The van der Waals surface area contributed by atoms with Gasteiger partial charge in [0.25, 0.3) is 0 Å². The summed E-state index contributed by atoms with van der Waals surface area (Å²) in [6.45, 7) is 9.16. The molecule has 0 spiro atoms. The van der Waals surface area contributed by atoms with Gasteiger partial charge in [-0.1, -0.05) is 45.9 Å². The largest absolute Gasteiger partial charge is 0.481 e. The van der Waals surface area contributed by atoms with E-state index in [1.54, 1.807) is 19.1 Å². The highest BCUT2D eigenvalue weighted by Gasteiger charge is 2.28. The third-order valence-corrected chi connectivity index (χ3v) is 5.03. The second-order valence-electron chi connectivity index (χ2n) is 8.24. The summed E-state index contributed by atoms with van der Waals surface area (Å²) in [5.74, 6) is -3.60. The van der Waals surface area contributed by atoms with Gasteiger partial charge in [-0.2, -0.15) is 0 Å². The second kappa shape index (κ2) is 11.8. The molecular formula is C21H32N3O6P. The van der Waals surface area contributed by atoms with E-state index in [1.807, 2.05) is 32.9 Å². The predicted molar refractivity (Wildman–Crippen MR) is 120 cm³/mol. The van der Waals surface area contributed by atoms with Crippen LogP contribution in [0.1, 0.15) is 53.0 Å². The molecule has 0 saturated carbocycles. The lowest BCUT2D eigenvalue weighted by Gasteiger charge is -2.26. The number of carboxylic acid groups (broad SMARTS) is 1. The minimum atomic E-state index is -1.10. The van der Waals surface area contributed by atoms with Gasteiger partial charge in [-0.25, -0.2) is 0 Å². The normalized spacial score (nSPS) is 14.1. The molecule has 3 amide bonds. The first-order valence-corrected chi connectivity index (χ1v) is 10.5. The molecule has 172 valence electrons. The molecule has 4 N–H and O–H groups in total. The van der Waals surface area contributed by atoms with Crippen molar-refractivity contribution in [3.63, 3.8) is 0 Å². The standard InChI is InChI=1S/C21H32N3O6P/c1-6-16(30-31)15(11-17(25)26)24-18(27)12(2)22-19(28)20(29)23-14-10-8-7-9-13(14)21(3,4)5/h7-10,12,15-16H,6,11,31H2,1-5H3,(H,22,28)(H,23,29)(H,24,27)(H,25,26)/t12-,15-,16?/m0/s1. The monoisotopic (exact) mass is 453 g/mol. The molecule has 2 unspecified atom stereocenters. The lowest BCUT2D eigenvalue weighted by Crippen LogP contribution is -2.53. The van der Waals surface area contributed by atoms with Crippen molar-refractivity contribution < 1.29 is 28.8 Å². The average Bonchev–Trinajstić information content (AvgIpc) is 2.67. The molecular weight excluding hydrogens is 421 g/mol. The third-order valence-electron chi connectivity index (χ3n) is 4.68. The van der Waals surface area contributed by atoms with Crippen molar-refractivity contribution in [2.75, 3.05) is 5.32 Å². The van der Waals surface area contributed by atoms with Gasteiger partial charge in [-0.05, 0) is 30.4 Å². The van der Waals surface area contributed by atoms with Crippen LogP contribution in [0.3, 0.4) is 0 Å². The van der Waals surface area contributed by atoms with Crippen LogP contribution in [0.15, 0.2) is 24.3 Å². The molecule has 0 aliphatic rings. The van der Waals surface area contributed by atoms with Gasteiger partial charge in [0.2, 0.25) is 5.91 Å². The Labute approximate surface area is 185 Å². The summed E-state index contributed by atoms with van der Waals surface area (Å²) >= 11 is 0. The lowest BCUT2D eigenvalue weighted by atomic mass is 9.86. The predicted octanol–water partition coefficient (Wildman–Crippen LogP) is 1.97. The van der Waals surface area contributed by atoms with Crippen molar-refractivity contribution in [3.8, 4) is 0 Å². The van der Waals surface area contributed by atoms with Crippen LogP contribution in [0.25, 0.3) is 0 Å². The van der Waals surface area contributed by atoms with Crippen molar-refractivity contribution in [3.05, 3.63) is 29.8 Å². The van der Waals surface area contributed by atoms with Crippen LogP contribution in [0, 0.1) is 0 Å². The second-order valence-corrected chi connectivity index (χ2v) is 8.51. The first-order valence-electron chi connectivity index (χ1n) is 9.99. The smallest absolute Gasteiger partial charge is 0.313 e. The maximum Gasteiger partial charge on any atom is 0.313 e. The molecule has 0 saturated heterocycles. The quantitative estimate of drug-likeness (QED) is 0.334. The van der Waals surface area contributed by atoms with Gasteiger partial charge in [0, 0.05) is 15.2 Å². The van der Waals surface area contributed by atoms with Crippen molar-refractivity contribution in [1.29, 1.82) is 0 Å². The molecule has 4 atom stereocenters. The summed E-state index contributed by atoms with van der Waals surface area (Å²) in [4.78, 5) is 48.2. The number of anilines is 1. The molecule has 1 aromatic rings. The van der Waals surface area contributed by atoms with Crippen LogP contribution in [-0.2, 0) is 29.1 Å². The number of rotatable bonds is 9. The fourth-order valence-electron chi connectivity index (χ4n) is 3.00. The highest BCUT2D eigenvalue weighted by Crippen LogP contribution is 2.29. The van der Waals surface area contributed by atoms with Crippen LogP contribution < -0.4 is 16.0 Å². The summed E-state index contributed by atoms with van der Waals surface area (Å²) in [5.41, 5.74) is 1.13. The number of hydrogen-bond donors (Lipinski definition) is 4. The van der Waals surface area contributed by atoms with E-state index in [0.29, 0.717) is 12.1 Å². The van der Waals surface area contributed by atoms with Gasteiger partial charge < -0.3 is 25.6 Å². The molecule has 10 heteroatoms. The van der Waals surface area contributed by atoms with Crippen LogP contribution in [0.4, 0.5) is 5.69 Å². The van der Waals surface area contributed by atoms with Gasteiger partial charge in [0.15, 0.2) is 0 Å². The van der Waals surface area contributed by atoms with E-state index in [0.717, 1.165) is 5.56 Å². The Morgan fingerprint density at radius 1 is 1.10 bits per heavy atom. The molecule has 1 rings (SSSR count). The molecule has 0 aliphatic heterocycles. The molecule has 9 nitrogen and oxygen atoms in total. The zero-order valence-electron chi connectivity index (χ0n) is 18.5. The molecule has 0 fully saturated rings. The minimum absolute atomic E-state index is 0.248. The van der Waals surface area contributed by atoms with E-state index in [-0.39, 0.29) is 11.8 Å². The maximum absolute atomic E-state index is 12.5. The van der Waals surface area contributed by atoms with Gasteiger partial charge in [-0.3, -0.25) is 19.2 Å². The molecule has 1 aromatic carbocycles. The van der Waals surface area contributed by atoms with Crippen molar-refractivity contribution in [2.24, 2.45) is 0 Å². The SMILES string of the molecule is CCC(OP)[C@H](CC(=O)O)NC(=O)[C@H](C)NC(=O)C(=O)Nc1ccccc1C(C)(C)C. The summed E-state index contributed by atoms with van der Waals surface area (Å²) in [5, 5.41) is 16.6. The van der Waals surface area contributed by atoms with E-state index < -0.39 is 41.9 Å². The minimum Gasteiger partial charge on any atom is -0.481 e. The van der Waals surface area contributed by atoms with E-state index >= 15 is 0 Å². The topological polar surface area (TPSA) is 134 Å². The van der Waals surface area contributed by atoms with E-state index in [2.05, 4.69) is 25.4 Å². The number of aliphatic carboxylic acids is 1. The van der Waals surface area contributed by atoms with Crippen LogP contribution >= 0.6 is 9.47 Å². The fourth-order valence-corrected chi connectivity index (χ4v) is 3.38. The third kappa shape index (κ3) is 8.26. The number of nitrogens with one attached hydrogen (secondary N) is 3. The van der Waals surface area contributed by atoms with E-state index in [9.17, 15) is 19.2 Å². The van der Waals surface area contributed by atoms with Crippen molar-refractivity contribution >= 4 is 38.8 Å². The Balaban J connectivity index is 2.79. The van der Waals surface area contributed by atoms with Gasteiger partial charge in [0.1, 0.15) is 6.04 Å². The Hall–Kier alpha value is -2.51. The molecule has 0 radical (unpaired) electrons. The van der Waals surface area contributed by atoms with E-state index in [1.165, 1.54) is 6.92 Å². The molecule has 0 bridgehead atoms. The Bertz CT molecular complexity index is 805. The van der Waals surface area contributed by atoms with Crippen molar-refractivity contribution in [2.45, 2.75) is 71.1 Å². The maximum atomic E-state index is 12.5. The van der Waals surface area contributed by atoms with Gasteiger partial charge in [-0.15, -0.1) is 0 Å². The number of benzene rings is 1. The van der Waals surface area contributed by atoms with E-state index in [4.69, 9.17) is 9.63 Å². The number of para-hydroxylation sites is 1. The summed E-state index contributed by atoms with van der Waals surface area (Å²) in [6, 6.07) is 5.31. The van der Waals surface area contributed by atoms with Crippen LogP contribution in [0.5, 0.6) is 0 Å². The van der Waals surface area contributed by atoms with Gasteiger partial charge >= 0.3 is 17.8 Å². The summed E-state index contributed by atoms with van der Waals surface area (Å²) < 4.78 is 5.15. The Kier molecular flexibility index (Phi) is 10.1. The van der Waals surface area contributed by atoms with Crippen molar-refractivity contribution in [1.82, 2.24) is 10.6 Å². The highest BCUT2D eigenvalue weighted by atomic mass is 31.0. The van der Waals surface area contributed by atoms with Gasteiger partial charge in [0.05, 0.1) is 18.6 Å². The summed E-state index contributed by atoms with van der Waals surface area (Å²) in [6.07, 6.45) is -0.410. The number of amides is 3. The number of carboxylic acids is 1. The zero-order chi connectivity index (χ0) is 23.8. The number of carbonyl (C=O) groups is 4. The average molecular weight is 453 g/mol. The molecule has 0 aromatic heterocycles. The number of hydrogen-bond acceptors (Lipinski definition) is 5. The first kappa shape index (κ1) is 26.5. The first-order chi connectivity index (χ1) is 14.4. The highest BCUT2D eigenvalue weighted by molar-refractivity contribution is 7.09. The van der Waals surface area contributed by atoms with Crippen LogP contribution in [-0.4, -0.2) is 47.0 Å². The Morgan fingerprint density at radius 3 is 2.23 bits per heavy atom.